The normalized spacial score (nSPS) is 15.3. The third-order valence-corrected chi connectivity index (χ3v) is 4.34. The Kier molecular flexibility index (Phi) is 4.32. The summed E-state index contributed by atoms with van der Waals surface area (Å²) >= 11 is 0. The van der Waals surface area contributed by atoms with Gasteiger partial charge in [-0.2, -0.15) is 0 Å². The van der Waals surface area contributed by atoms with Gasteiger partial charge in [0.1, 0.15) is 11.9 Å². The molecule has 3 rings (SSSR count). The van der Waals surface area contributed by atoms with Crippen molar-refractivity contribution in [2.24, 2.45) is 0 Å². The minimum atomic E-state index is -0.181. The molecule has 1 N–H and O–H groups in total. The molecule has 1 aliphatic heterocycles. The molecule has 2 aromatic rings. The van der Waals surface area contributed by atoms with Crippen LogP contribution in [0.3, 0.4) is 0 Å². The lowest BCUT2D eigenvalue weighted by Crippen LogP contribution is -2.42. The first-order valence-corrected chi connectivity index (χ1v) is 8.10. The third-order valence-electron chi connectivity index (χ3n) is 4.34. The van der Waals surface area contributed by atoms with Crippen molar-refractivity contribution in [2.45, 2.75) is 45.7 Å². The van der Waals surface area contributed by atoms with E-state index >= 15 is 0 Å². The number of fused-ring (bicyclic) bond motifs is 1. The minimum absolute atomic E-state index is 0.0740. The first-order valence-electron chi connectivity index (χ1n) is 8.10. The quantitative estimate of drug-likeness (QED) is 0.935. The lowest BCUT2D eigenvalue weighted by molar-refractivity contribution is -0.136. The van der Waals surface area contributed by atoms with Gasteiger partial charge in [0.05, 0.1) is 12.2 Å². The number of carbonyl (C=O) groups is 1. The molecular formula is C17H22N4O2. The van der Waals surface area contributed by atoms with E-state index in [1.807, 2.05) is 34.0 Å². The number of aromatic nitrogens is 3. The summed E-state index contributed by atoms with van der Waals surface area (Å²) in [5.74, 6) is 0.701. The van der Waals surface area contributed by atoms with Crippen LogP contribution >= 0.6 is 0 Å². The fourth-order valence-corrected chi connectivity index (χ4v) is 3.19. The number of aromatic amines is 1. The molecule has 0 aliphatic carbocycles. The Balaban J connectivity index is 1.84. The Hall–Kier alpha value is -2.37. The van der Waals surface area contributed by atoms with Gasteiger partial charge in [0, 0.05) is 24.5 Å². The van der Waals surface area contributed by atoms with E-state index < -0.39 is 0 Å². The molecule has 0 radical (unpaired) electrons. The van der Waals surface area contributed by atoms with E-state index in [4.69, 9.17) is 0 Å². The summed E-state index contributed by atoms with van der Waals surface area (Å²) in [4.78, 5) is 33.9. The van der Waals surface area contributed by atoms with Gasteiger partial charge in [0.2, 0.25) is 5.91 Å². The minimum Gasteiger partial charge on any atom is -0.342 e. The van der Waals surface area contributed by atoms with Crippen molar-refractivity contribution in [1.29, 1.82) is 0 Å². The topological polar surface area (TPSA) is 71.0 Å². The van der Waals surface area contributed by atoms with Crippen molar-refractivity contribution in [2.75, 3.05) is 6.54 Å². The van der Waals surface area contributed by atoms with Crippen molar-refractivity contribution in [1.82, 2.24) is 19.4 Å². The predicted octanol–water partition coefficient (Wildman–Crippen LogP) is 1.81. The van der Waals surface area contributed by atoms with Crippen molar-refractivity contribution in [3.05, 3.63) is 52.0 Å². The molecule has 1 amide bonds. The van der Waals surface area contributed by atoms with Crippen LogP contribution in [0.25, 0.3) is 0 Å². The van der Waals surface area contributed by atoms with Gasteiger partial charge in [0.25, 0.3) is 5.56 Å². The SMILES string of the molecule is CCC[C@H](C(=O)N1CCc2c(nc(C)[nH]c2=O)C1)n1cccc1. The monoisotopic (exact) mass is 314 g/mol. The van der Waals surface area contributed by atoms with Crippen LogP contribution in [0.1, 0.15) is 42.9 Å². The molecule has 122 valence electrons. The highest BCUT2D eigenvalue weighted by molar-refractivity contribution is 5.80. The van der Waals surface area contributed by atoms with Crippen LogP contribution in [0, 0.1) is 6.92 Å². The molecule has 0 saturated carbocycles. The van der Waals surface area contributed by atoms with Crippen molar-refractivity contribution in [3.8, 4) is 0 Å². The Morgan fingerprint density at radius 3 is 2.83 bits per heavy atom. The van der Waals surface area contributed by atoms with E-state index in [2.05, 4.69) is 16.9 Å². The molecule has 0 bridgehead atoms. The third kappa shape index (κ3) is 3.06. The number of rotatable bonds is 4. The molecule has 6 heteroatoms. The second-order valence-electron chi connectivity index (χ2n) is 6.02. The maximum Gasteiger partial charge on any atom is 0.254 e. The maximum atomic E-state index is 13.0. The molecule has 0 unspecified atom stereocenters. The standard InChI is InChI=1S/C17H22N4O2/c1-3-6-15(20-8-4-5-9-20)17(23)21-10-7-13-14(11-21)18-12(2)19-16(13)22/h4-5,8-9,15H,3,6-7,10-11H2,1-2H3,(H,18,19,22)/t15-/m1/s1. The largest absolute Gasteiger partial charge is 0.342 e. The summed E-state index contributed by atoms with van der Waals surface area (Å²) in [6, 6.07) is 3.69. The van der Waals surface area contributed by atoms with E-state index in [0.717, 1.165) is 18.5 Å². The van der Waals surface area contributed by atoms with Gasteiger partial charge in [0.15, 0.2) is 0 Å². The molecule has 0 aromatic carbocycles. The summed E-state index contributed by atoms with van der Waals surface area (Å²) in [7, 11) is 0. The number of aryl methyl sites for hydroxylation is 1. The Morgan fingerprint density at radius 2 is 2.13 bits per heavy atom. The predicted molar refractivity (Wildman–Crippen MR) is 87.1 cm³/mol. The van der Waals surface area contributed by atoms with Crippen molar-refractivity contribution in [3.63, 3.8) is 0 Å². The summed E-state index contributed by atoms with van der Waals surface area (Å²) in [5.41, 5.74) is 1.37. The lowest BCUT2D eigenvalue weighted by atomic mass is 10.0. The second-order valence-corrected chi connectivity index (χ2v) is 6.02. The molecule has 3 heterocycles. The Bertz CT molecular complexity index is 748. The van der Waals surface area contributed by atoms with E-state index in [-0.39, 0.29) is 17.5 Å². The molecule has 2 aromatic heterocycles. The number of nitrogens with one attached hydrogen (secondary N) is 1. The highest BCUT2D eigenvalue weighted by Gasteiger charge is 2.29. The highest BCUT2D eigenvalue weighted by atomic mass is 16.2. The molecule has 6 nitrogen and oxygen atoms in total. The van der Waals surface area contributed by atoms with Gasteiger partial charge >= 0.3 is 0 Å². The smallest absolute Gasteiger partial charge is 0.254 e. The zero-order valence-electron chi connectivity index (χ0n) is 13.6. The maximum absolute atomic E-state index is 13.0. The summed E-state index contributed by atoms with van der Waals surface area (Å²) in [6.07, 6.45) is 6.18. The van der Waals surface area contributed by atoms with Gasteiger partial charge in [-0.15, -0.1) is 0 Å². The van der Waals surface area contributed by atoms with Gasteiger partial charge in [-0.3, -0.25) is 9.59 Å². The summed E-state index contributed by atoms with van der Waals surface area (Å²) in [5, 5.41) is 0. The van der Waals surface area contributed by atoms with E-state index in [1.54, 1.807) is 6.92 Å². The Morgan fingerprint density at radius 1 is 1.39 bits per heavy atom. The van der Waals surface area contributed by atoms with E-state index in [0.29, 0.717) is 30.9 Å². The van der Waals surface area contributed by atoms with Crippen LogP contribution in [0.2, 0.25) is 0 Å². The van der Waals surface area contributed by atoms with Crippen LogP contribution in [0.4, 0.5) is 0 Å². The molecule has 0 saturated heterocycles. The number of carbonyl (C=O) groups excluding carboxylic acids is 1. The Labute approximate surface area is 135 Å². The number of amides is 1. The molecule has 0 fully saturated rings. The number of H-pyrrole nitrogens is 1. The van der Waals surface area contributed by atoms with Gasteiger partial charge in [-0.05, 0) is 31.9 Å². The molecule has 1 aliphatic rings. The first-order chi connectivity index (χ1) is 11.1. The van der Waals surface area contributed by atoms with Crippen LogP contribution in [-0.2, 0) is 17.8 Å². The average Bonchev–Trinajstić information content (AvgIpc) is 3.05. The van der Waals surface area contributed by atoms with Gasteiger partial charge < -0.3 is 14.5 Å². The molecule has 1 atom stereocenters. The molecule has 23 heavy (non-hydrogen) atoms. The average molecular weight is 314 g/mol. The van der Waals surface area contributed by atoms with Gasteiger partial charge in [-0.1, -0.05) is 13.3 Å². The molecule has 0 spiro atoms. The zero-order chi connectivity index (χ0) is 16.4. The van der Waals surface area contributed by atoms with Crippen LogP contribution < -0.4 is 5.56 Å². The van der Waals surface area contributed by atoms with Crippen molar-refractivity contribution >= 4 is 5.91 Å². The van der Waals surface area contributed by atoms with Crippen molar-refractivity contribution < 1.29 is 4.79 Å². The first kappa shape index (κ1) is 15.5. The van der Waals surface area contributed by atoms with Crippen LogP contribution in [0.5, 0.6) is 0 Å². The number of hydrogen-bond acceptors (Lipinski definition) is 3. The zero-order valence-corrected chi connectivity index (χ0v) is 13.6. The number of hydrogen-bond donors (Lipinski definition) is 1. The lowest BCUT2D eigenvalue weighted by Gasteiger charge is -2.31. The van der Waals surface area contributed by atoms with Crippen LogP contribution in [-0.4, -0.2) is 31.9 Å². The summed E-state index contributed by atoms with van der Waals surface area (Å²) < 4.78 is 1.97. The fraction of sp³-hybridized carbons (Fsp3) is 0.471. The van der Waals surface area contributed by atoms with Crippen LogP contribution in [0.15, 0.2) is 29.3 Å². The second kappa shape index (κ2) is 6.40. The fourth-order valence-electron chi connectivity index (χ4n) is 3.19. The van der Waals surface area contributed by atoms with E-state index in [9.17, 15) is 9.59 Å². The number of nitrogens with zero attached hydrogens (tertiary/aromatic N) is 3. The van der Waals surface area contributed by atoms with Gasteiger partial charge in [-0.25, -0.2) is 4.98 Å². The molecular weight excluding hydrogens is 292 g/mol. The van der Waals surface area contributed by atoms with E-state index in [1.165, 1.54) is 0 Å². The summed E-state index contributed by atoms with van der Waals surface area (Å²) in [6.45, 7) is 4.84. The highest BCUT2D eigenvalue weighted by Crippen LogP contribution is 2.22.